The van der Waals surface area contributed by atoms with Gasteiger partial charge in [0.1, 0.15) is 5.75 Å². The second kappa shape index (κ2) is 6.57. The molecular weight excluding hydrogens is 240 g/mol. The minimum atomic E-state index is -0.0365. The Morgan fingerprint density at radius 3 is 2.95 bits per heavy atom. The smallest absolute Gasteiger partial charge is 0.224 e. The Morgan fingerprint density at radius 2 is 2.26 bits per heavy atom. The van der Waals surface area contributed by atoms with E-state index in [0.29, 0.717) is 0 Å². The molecule has 1 amide bonds. The number of carbonyl (C=O) groups is 1. The Bertz CT molecular complexity index is 428. The molecule has 0 bridgehead atoms. The SMILES string of the molecule is COc1ccccc1[C@H](C)NC(=O)[C@@H]1CCCNC1. The van der Waals surface area contributed by atoms with Gasteiger partial charge in [0, 0.05) is 12.1 Å². The van der Waals surface area contributed by atoms with E-state index < -0.39 is 0 Å². The fourth-order valence-electron chi connectivity index (χ4n) is 2.51. The first-order valence-corrected chi connectivity index (χ1v) is 6.86. The molecule has 0 radical (unpaired) electrons. The fourth-order valence-corrected chi connectivity index (χ4v) is 2.51. The molecule has 4 nitrogen and oxygen atoms in total. The molecule has 2 atom stereocenters. The molecule has 1 heterocycles. The molecule has 1 aromatic rings. The minimum absolute atomic E-state index is 0.0365. The molecule has 0 aliphatic carbocycles. The number of nitrogens with one attached hydrogen (secondary N) is 2. The van der Waals surface area contributed by atoms with Gasteiger partial charge in [-0.15, -0.1) is 0 Å². The second-order valence-electron chi connectivity index (χ2n) is 5.02. The molecule has 1 fully saturated rings. The lowest BCUT2D eigenvalue weighted by Gasteiger charge is -2.24. The van der Waals surface area contributed by atoms with Crippen molar-refractivity contribution in [3.8, 4) is 5.75 Å². The zero-order valence-electron chi connectivity index (χ0n) is 11.6. The van der Waals surface area contributed by atoms with Gasteiger partial charge < -0.3 is 15.4 Å². The molecule has 0 spiro atoms. The molecular formula is C15H22N2O2. The van der Waals surface area contributed by atoms with Crippen molar-refractivity contribution in [1.82, 2.24) is 10.6 Å². The number of ether oxygens (including phenoxy) is 1. The first kappa shape index (κ1) is 13.9. The third kappa shape index (κ3) is 3.47. The van der Waals surface area contributed by atoms with Gasteiger partial charge in [0.25, 0.3) is 0 Å². The fraction of sp³-hybridized carbons (Fsp3) is 0.533. The summed E-state index contributed by atoms with van der Waals surface area (Å²) in [5.41, 5.74) is 1.02. The Morgan fingerprint density at radius 1 is 1.47 bits per heavy atom. The highest BCUT2D eigenvalue weighted by atomic mass is 16.5. The van der Waals surface area contributed by atoms with Gasteiger partial charge in [-0.2, -0.15) is 0 Å². The van der Waals surface area contributed by atoms with Gasteiger partial charge >= 0.3 is 0 Å². The maximum absolute atomic E-state index is 12.2. The molecule has 19 heavy (non-hydrogen) atoms. The predicted octanol–water partition coefficient (Wildman–Crippen LogP) is 1.87. The summed E-state index contributed by atoms with van der Waals surface area (Å²) in [5.74, 6) is 1.04. The van der Waals surface area contributed by atoms with E-state index in [2.05, 4.69) is 10.6 Å². The van der Waals surface area contributed by atoms with E-state index in [9.17, 15) is 4.79 Å². The number of hydrogen-bond acceptors (Lipinski definition) is 3. The molecule has 2 rings (SSSR count). The quantitative estimate of drug-likeness (QED) is 0.871. The van der Waals surface area contributed by atoms with Gasteiger partial charge in [-0.25, -0.2) is 0 Å². The zero-order chi connectivity index (χ0) is 13.7. The zero-order valence-corrected chi connectivity index (χ0v) is 11.6. The van der Waals surface area contributed by atoms with Crippen molar-refractivity contribution in [2.45, 2.75) is 25.8 Å². The maximum atomic E-state index is 12.2. The van der Waals surface area contributed by atoms with Crippen LogP contribution in [-0.2, 0) is 4.79 Å². The Kier molecular flexibility index (Phi) is 4.80. The van der Waals surface area contributed by atoms with E-state index in [1.807, 2.05) is 31.2 Å². The van der Waals surface area contributed by atoms with Gasteiger partial charge in [-0.1, -0.05) is 18.2 Å². The van der Waals surface area contributed by atoms with E-state index in [4.69, 9.17) is 4.74 Å². The minimum Gasteiger partial charge on any atom is -0.496 e. The van der Waals surface area contributed by atoms with Crippen LogP contribution in [0, 0.1) is 5.92 Å². The summed E-state index contributed by atoms with van der Waals surface area (Å²) < 4.78 is 5.33. The van der Waals surface area contributed by atoms with Crippen LogP contribution in [0.4, 0.5) is 0 Å². The van der Waals surface area contributed by atoms with Crippen molar-refractivity contribution >= 4 is 5.91 Å². The van der Waals surface area contributed by atoms with Crippen molar-refractivity contribution in [3.63, 3.8) is 0 Å². The second-order valence-corrected chi connectivity index (χ2v) is 5.02. The van der Waals surface area contributed by atoms with Crippen molar-refractivity contribution in [2.75, 3.05) is 20.2 Å². The third-order valence-electron chi connectivity index (χ3n) is 3.63. The largest absolute Gasteiger partial charge is 0.496 e. The van der Waals surface area contributed by atoms with Crippen LogP contribution in [0.15, 0.2) is 24.3 Å². The standard InChI is InChI=1S/C15H22N2O2/c1-11(13-7-3-4-8-14(13)19-2)17-15(18)12-6-5-9-16-10-12/h3-4,7-8,11-12,16H,5-6,9-10H2,1-2H3,(H,17,18)/t11-,12+/m0/s1. The number of rotatable bonds is 4. The highest BCUT2D eigenvalue weighted by molar-refractivity contribution is 5.79. The van der Waals surface area contributed by atoms with Crippen LogP contribution in [0.1, 0.15) is 31.4 Å². The molecule has 1 aliphatic rings. The molecule has 1 saturated heterocycles. The van der Waals surface area contributed by atoms with Gasteiger partial charge in [0.2, 0.25) is 5.91 Å². The first-order chi connectivity index (χ1) is 9.22. The number of methoxy groups -OCH3 is 1. The maximum Gasteiger partial charge on any atom is 0.224 e. The molecule has 1 aliphatic heterocycles. The lowest BCUT2D eigenvalue weighted by Crippen LogP contribution is -2.41. The Labute approximate surface area is 114 Å². The molecule has 104 valence electrons. The predicted molar refractivity (Wildman–Crippen MR) is 75.1 cm³/mol. The summed E-state index contributed by atoms with van der Waals surface area (Å²) in [6.45, 7) is 3.79. The summed E-state index contributed by atoms with van der Waals surface area (Å²) in [5, 5.41) is 6.35. The number of hydrogen-bond donors (Lipinski definition) is 2. The molecule has 0 saturated carbocycles. The number of benzene rings is 1. The third-order valence-corrected chi connectivity index (χ3v) is 3.63. The average molecular weight is 262 g/mol. The Balaban J connectivity index is 1.99. The van der Waals surface area contributed by atoms with E-state index in [-0.39, 0.29) is 17.9 Å². The van der Waals surface area contributed by atoms with Crippen molar-refractivity contribution in [2.24, 2.45) is 5.92 Å². The number of para-hydroxylation sites is 1. The van der Waals surface area contributed by atoms with Gasteiger partial charge in [-0.05, 0) is 32.4 Å². The highest BCUT2D eigenvalue weighted by Gasteiger charge is 2.23. The van der Waals surface area contributed by atoms with Crippen LogP contribution >= 0.6 is 0 Å². The van der Waals surface area contributed by atoms with Crippen molar-refractivity contribution in [3.05, 3.63) is 29.8 Å². The van der Waals surface area contributed by atoms with Gasteiger partial charge in [-0.3, -0.25) is 4.79 Å². The van der Waals surface area contributed by atoms with Crippen molar-refractivity contribution in [1.29, 1.82) is 0 Å². The lowest BCUT2D eigenvalue weighted by atomic mass is 9.98. The topological polar surface area (TPSA) is 50.4 Å². The molecule has 1 aromatic carbocycles. The lowest BCUT2D eigenvalue weighted by molar-refractivity contribution is -0.126. The monoisotopic (exact) mass is 262 g/mol. The highest BCUT2D eigenvalue weighted by Crippen LogP contribution is 2.24. The molecule has 0 unspecified atom stereocenters. The van der Waals surface area contributed by atoms with Crippen LogP contribution in [0.5, 0.6) is 5.75 Å². The summed E-state index contributed by atoms with van der Waals surface area (Å²) in [6.07, 6.45) is 2.04. The van der Waals surface area contributed by atoms with Crippen molar-refractivity contribution < 1.29 is 9.53 Å². The van der Waals surface area contributed by atoms with E-state index in [0.717, 1.165) is 37.2 Å². The van der Waals surface area contributed by atoms with Crippen LogP contribution in [0.25, 0.3) is 0 Å². The van der Waals surface area contributed by atoms with Gasteiger partial charge in [0.05, 0.1) is 19.1 Å². The van der Waals surface area contributed by atoms with Crippen LogP contribution < -0.4 is 15.4 Å². The number of amides is 1. The van der Waals surface area contributed by atoms with Crippen LogP contribution in [-0.4, -0.2) is 26.1 Å². The molecule has 0 aromatic heterocycles. The van der Waals surface area contributed by atoms with Gasteiger partial charge in [0.15, 0.2) is 0 Å². The Hall–Kier alpha value is -1.55. The van der Waals surface area contributed by atoms with Crippen LogP contribution in [0.2, 0.25) is 0 Å². The molecule has 4 heteroatoms. The van der Waals surface area contributed by atoms with E-state index >= 15 is 0 Å². The molecule has 2 N–H and O–H groups in total. The average Bonchev–Trinajstić information content (AvgIpc) is 2.48. The van der Waals surface area contributed by atoms with E-state index in [1.54, 1.807) is 7.11 Å². The summed E-state index contributed by atoms with van der Waals surface area (Å²) in [4.78, 5) is 12.2. The number of carbonyl (C=O) groups excluding carboxylic acids is 1. The van der Waals surface area contributed by atoms with E-state index in [1.165, 1.54) is 0 Å². The summed E-state index contributed by atoms with van der Waals surface area (Å²) >= 11 is 0. The van der Waals surface area contributed by atoms with Crippen LogP contribution in [0.3, 0.4) is 0 Å². The summed E-state index contributed by atoms with van der Waals surface area (Å²) in [6, 6.07) is 7.76. The summed E-state index contributed by atoms with van der Waals surface area (Å²) in [7, 11) is 1.65. The number of piperidine rings is 1. The first-order valence-electron chi connectivity index (χ1n) is 6.86. The normalized spacial score (nSPS) is 20.6.